The highest BCUT2D eigenvalue weighted by Crippen LogP contribution is 2.30. The van der Waals surface area contributed by atoms with Crippen molar-refractivity contribution >= 4 is 11.5 Å². The smallest absolute Gasteiger partial charge is 0.338 e. The van der Waals surface area contributed by atoms with Crippen LogP contribution in [0.4, 0.5) is 11.5 Å². The van der Waals surface area contributed by atoms with Gasteiger partial charge in [-0.1, -0.05) is 6.92 Å². The first kappa shape index (κ1) is 12.0. The Morgan fingerprint density at radius 2 is 2.28 bits per heavy atom. The molecule has 2 aromatic heterocycles. The summed E-state index contributed by atoms with van der Waals surface area (Å²) in [6.45, 7) is 2.65. The van der Waals surface area contributed by atoms with Gasteiger partial charge in [-0.15, -0.1) is 0 Å². The molecule has 0 saturated heterocycles. The van der Waals surface area contributed by atoms with Gasteiger partial charge in [0.25, 0.3) is 0 Å². The maximum atomic E-state index is 11.0. The summed E-state index contributed by atoms with van der Waals surface area (Å²) in [5, 5.41) is 15.1. The SMILES string of the molecule is CCCn1nccc1-c1ncnc(N)c1[N+](=O)[O-]. The Hall–Kier alpha value is -2.51. The summed E-state index contributed by atoms with van der Waals surface area (Å²) in [5.74, 6) is -0.144. The molecule has 0 aliphatic heterocycles. The number of nitrogen functional groups attached to an aromatic ring is 1. The molecule has 0 unspecified atom stereocenters. The lowest BCUT2D eigenvalue weighted by Crippen LogP contribution is -2.06. The summed E-state index contributed by atoms with van der Waals surface area (Å²) in [7, 11) is 0. The van der Waals surface area contributed by atoms with E-state index in [0.717, 1.165) is 6.42 Å². The molecule has 94 valence electrons. The number of nitrogens with zero attached hydrogens (tertiary/aromatic N) is 5. The first-order chi connectivity index (χ1) is 8.65. The Labute approximate surface area is 103 Å². The van der Waals surface area contributed by atoms with Crippen molar-refractivity contribution in [1.82, 2.24) is 19.7 Å². The molecule has 0 amide bonds. The van der Waals surface area contributed by atoms with Gasteiger partial charge in [-0.05, 0) is 12.5 Å². The third kappa shape index (κ3) is 1.99. The average Bonchev–Trinajstić information content (AvgIpc) is 2.76. The van der Waals surface area contributed by atoms with Gasteiger partial charge in [0.05, 0.1) is 10.6 Å². The van der Waals surface area contributed by atoms with Gasteiger partial charge >= 0.3 is 5.69 Å². The highest BCUT2D eigenvalue weighted by molar-refractivity contribution is 5.73. The molecule has 2 N–H and O–H groups in total. The summed E-state index contributed by atoms with van der Waals surface area (Å²) < 4.78 is 1.66. The molecule has 0 radical (unpaired) electrons. The summed E-state index contributed by atoms with van der Waals surface area (Å²) in [6.07, 6.45) is 3.65. The highest BCUT2D eigenvalue weighted by atomic mass is 16.6. The largest absolute Gasteiger partial charge is 0.378 e. The number of aryl methyl sites for hydroxylation is 1. The first-order valence-electron chi connectivity index (χ1n) is 5.42. The molecule has 8 nitrogen and oxygen atoms in total. The first-order valence-corrected chi connectivity index (χ1v) is 5.42. The fraction of sp³-hybridized carbons (Fsp3) is 0.300. The van der Waals surface area contributed by atoms with Crippen LogP contribution in [0.3, 0.4) is 0 Å². The fourth-order valence-electron chi connectivity index (χ4n) is 1.68. The normalized spacial score (nSPS) is 10.5. The third-order valence-corrected chi connectivity index (χ3v) is 2.43. The number of nitrogens with two attached hydrogens (primary N) is 1. The second kappa shape index (κ2) is 4.78. The van der Waals surface area contributed by atoms with Gasteiger partial charge < -0.3 is 5.73 Å². The van der Waals surface area contributed by atoms with Crippen LogP contribution in [0, 0.1) is 10.1 Å². The van der Waals surface area contributed by atoms with Gasteiger partial charge in [0.15, 0.2) is 5.69 Å². The standard InChI is InChI=1S/C10H12N6O2/c1-2-5-15-7(3-4-14-15)8-9(16(17)18)10(11)13-6-12-8/h3-4,6H,2,5H2,1H3,(H2,11,12,13). The van der Waals surface area contributed by atoms with E-state index in [4.69, 9.17) is 5.73 Å². The van der Waals surface area contributed by atoms with Crippen LogP contribution in [0.5, 0.6) is 0 Å². The third-order valence-electron chi connectivity index (χ3n) is 2.43. The van der Waals surface area contributed by atoms with E-state index in [9.17, 15) is 10.1 Å². The number of rotatable bonds is 4. The lowest BCUT2D eigenvalue weighted by molar-refractivity contribution is -0.383. The molecule has 0 aliphatic carbocycles. The highest BCUT2D eigenvalue weighted by Gasteiger charge is 2.24. The van der Waals surface area contributed by atoms with Gasteiger partial charge in [0.1, 0.15) is 6.33 Å². The molecule has 0 atom stereocenters. The van der Waals surface area contributed by atoms with Gasteiger partial charge in [0.2, 0.25) is 5.82 Å². The minimum atomic E-state index is -0.575. The van der Waals surface area contributed by atoms with Crippen molar-refractivity contribution in [2.75, 3.05) is 5.73 Å². The van der Waals surface area contributed by atoms with Crippen LogP contribution in [-0.4, -0.2) is 24.7 Å². The molecular weight excluding hydrogens is 236 g/mol. The van der Waals surface area contributed by atoms with Crippen LogP contribution in [0.1, 0.15) is 13.3 Å². The number of aromatic nitrogens is 4. The Kier molecular flexibility index (Phi) is 3.18. The van der Waals surface area contributed by atoms with Gasteiger partial charge in [0, 0.05) is 12.7 Å². The predicted octanol–water partition coefficient (Wildman–Crippen LogP) is 1.24. The lowest BCUT2D eigenvalue weighted by Gasteiger charge is -2.06. The Balaban J connectivity index is 2.60. The maximum Gasteiger partial charge on any atom is 0.338 e. The predicted molar refractivity (Wildman–Crippen MR) is 64.6 cm³/mol. The van der Waals surface area contributed by atoms with E-state index in [-0.39, 0.29) is 17.2 Å². The van der Waals surface area contributed by atoms with Crippen molar-refractivity contribution < 1.29 is 4.92 Å². The molecule has 0 aliphatic rings. The quantitative estimate of drug-likeness (QED) is 0.643. The van der Waals surface area contributed by atoms with Crippen molar-refractivity contribution in [3.63, 3.8) is 0 Å². The maximum absolute atomic E-state index is 11.0. The molecule has 0 spiro atoms. The van der Waals surface area contributed by atoms with Crippen LogP contribution < -0.4 is 5.73 Å². The molecule has 0 aromatic carbocycles. The van der Waals surface area contributed by atoms with E-state index < -0.39 is 4.92 Å². The summed E-state index contributed by atoms with van der Waals surface area (Å²) in [6, 6.07) is 1.67. The fourth-order valence-corrected chi connectivity index (χ4v) is 1.68. The molecule has 2 heterocycles. The van der Waals surface area contributed by atoms with E-state index in [2.05, 4.69) is 15.1 Å². The number of hydrogen-bond acceptors (Lipinski definition) is 6. The van der Waals surface area contributed by atoms with Crippen molar-refractivity contribution in [1.29, 1.82) is 0 Å². The molecule has 2 aromatic rings. The minimum absolute atomic E-state index is 0.144. The van der Waals surface area contributed by atoms with E-state index in [0.29, 0.717) is 12.2 Å². The van der Waals surface area contributed by atoms with Crippen molar-refractivity contribution in [2.24, 2.45) is 0 Å². The molecule has 2 rings (SSSR count). The second-order valence-electron chi connectivity index (χ2n) is 3.65. The molecule has 8 heteroatoms. The Bertz CT molecular complexity index is 579. The van der Waals surface area contributed by atoms with Crippen molar-refractivity contribution in [3.05, 3.63) is 28.7 Å². The molecular formula is C10H12N6O2. The summed E-state index contributed by atoms with van der Waals surface area (Å²) in [4.78, 5) is 18.0. The summed E-state index contributed by atoms with van der Waals surface area (Å²) in [5.41, 5.74) is 6.01. The van der Waals surface area contributed by atoms with Crippen LogP contribution in [0.15, 0.2) is 18.6 Å². The molecule has 0 fully saturated rings. The minimum Gasteiger partial charge on any atom is -0.378 e. The molecule has 18 heavy (non-hydrogen) atoms. The number of hydrogen-bond donors (Lipinski definition) is 1. The van der Waals surface area contributed by atoms with E-state index in [1.165, 1.54) is 6.33 Å². The Morgan fingerprint density at radius 1 is 1.50 bits per heavy atom. The summed E-state index contributed by atoms with van der Waals surface area (Å²) >= 11 is 0. The molecule has 0 bridgehead atoms. The lowest BCUT2D eigenvalue weighted by atomic mass is 10.2. The van der Waals surface area contributed by atoms with Crippen molar-refractivity contribution in [3.8, 4) is 11.4 Å². The number of nitro groups is 1. The second-order valence-corrected chi connectivity index (χ2v) is 3.65. The van der Waals surface area contributed by atoms with Crippen LogP contribution in [0.25, 0.3) is 11.4 Å². The van der Waals surface area contributed by atoms with E-state index in [1.807, 2.05) is 6.92 Å². The molecule has 0 saturated carbocycles. The van der Waals surface area contributed by atoms with Crippen LogP contribution in [-0.2, 0) is 6.54 Å². The number of anilines is 1. The average molecular weight is 248 g/mol. The van der Waals surface area contributed by atoms with Crippen LogP contribution in [0.2, 0.25) is 0 Å². The van der Waals surface area contributed by atoms with E-state index >= 15 is 0 Å². The Morgan fingerprint density at radius 3 is 2.94 bits per heavy atom. The van der Waals surface area contributed by atoms with Gasteiger partial charge in [-0.3, -0.25) is 14.8 Å². The topological polar surface area (TPSA) is 113 Å². The van der Waals surface area contributed by atoms with E-state index in [1.54, 1.807) is 16.9 Å². The monoisotopic (exact) mass is 248 g/mol. The zero-order chi connectivity index (χ0) is 13.1. The van der Waals surface area contributed by atoms with Gasteiger partial charge in [-0.2, -0.15) is 5.10 Å². The zero-order valence-electron chi connectivity index (χ0n) is 9.78. The zero-order valence-corrected chi connectivity index (χ0v) is 9.78. The van der Waals surface area contributed by atoms with Crippen LogP contribution >= 0.6 is 0 Å². The van der Waals surface area contributed by atoms with Gasteiger partial charge in [-0.25, -0.2) is 9.97 Å². The van der Waals surface area contributed by atoms with Crippen molar-refractivity contribution in [2.45, 2.75) is 19.9 Å².